The average Bonchev–Trinajstić information content (AvgIpc) is 2.86. The molecule has 2 aromatic carbocycles. The number of hydrogen-bond donors (Lipinski definition) is 1. The molecule has 33 heavy (non-hydrogen) atoms. The van der Waals surface area contributed by atoms with E-state index in [4.69, 9.17) is 14.2 Å². The molecule has 7 nitrogen and oxygen atoms in total. The summed E-state index contributed by atoms with van der Waals surface area (Å²) < 4.78 is 16.7. The summed E-state index contributed by atoms with van der Waals surface area (Å²) in [6.07, 6.45) is 5.71. The van der Waals surface area contributed by atoms with Gasteiger partial charge in [0.2, 0.25) is 0 Å². The van der Waals surface area contributed by atoms with Gasteiger partial charge in [0.05, 0.1) is 13.3 Å². The molecule has 0 saturated carbocycles. The fourth-order valence-corrected chi connectivity index (χ4v) is 3.46. The van der Waals surface area contributed by atoms with E-state index in [1.807, 2.05) is 42.7 Å². The first-order chi connectivity index (χ1) is 16.1. The number of para-hydroxylation sites is 1. The highest BCUT2D eigenvalue weighted by Crippen LogP contribution is 2.28. The van der Waals surface area contributed by atoms with Crippen molar-refractivity contribution in [3.05, 3.63) is 84.2 Å². The third kappa shape index (κ3) is 7.25. The van der Waals surface area contributed by atoms with Crippen LogP contribution in [0.4, 0.5) is 0 Å². The second-order valence-electron chi connectivity index (χ2n) is 7.05. The Labute approximate surface area is 197 Å². The van der Waals surface area contributed by atoms with Gasteiger partial charge in [-0.3, -0.25) is 9.78 Å². The summed E-state index contributed by atoms with van der Waals surface area (Å²) in [6.45, 7) is 0.230. The van der Waals surface area contributed by atoms with Gasteiger partial charge in [0.15, 0.2) is 0 Å². The number of rotatable bonds is 11. The van der Waals surface area contributed by atoms with Crippen LogP contribution < -0.4 is 14.8 Å². The zero-order valence-corrected chi connectivity index (χ0v) is 19.3. The number of carbonyl (C=O) groups is 2. The van der Waals surface area contributed by atoms with Gasteiger partial charge < -0.3 is 19.5 Å². The topological polar surface area (TPSA) is 86.8 Å². The number of methoxy groups -OCH3 is 1. The summed E-state index contributed by atoms with van der Waals surface area (Å²) in [5.74, 6) is 1.59. The quantitative estimate of drug-likeness (QED) is 0.417. The summed E-state index contributed by atoms with van der Waals surface area (Å²) in [6, 6.07) is 17.3. The maximum absolute atomic E-state index is 12.9. The van der Waals surface area contributed by atoms with Crippen molar-refractivity contribution in [3.63, 3.8) is 0 Å². The minimum absolute atomic E-state index is 0.230. The third-order valence-corrected chi connectivity index (χ3v) is 5.37. The van der Waals surface area contributed by atoms with Crippen LogP contribution in [-0.4, -0.2) is 42.0 Å². The minimum atomic E-state index is -0.720. The van der Waals surface area contributed by atoms with Crippen LogP contribution in [0.5, 0.6) is 17.2 Å². The number of nitrogens with zero attached hydrogens (tertiary/aromatic N) is 1. The van der Waals surface area contributed by atoms with Gasteiger partial charge in [-0.05, 0) is 54.8 Å². The van der Waals surface area contributed by atoms with Crippen LogP contribution in [0.15, 0.2) is 73.1 Å². The highest BCUT2D eigenvalue weighted by molar-refractivity contribution is 7.98. The Hall–Kier alpha value is -3.52. The summed E-state index contributed by atoms with van der Waals surface area (Å²) in [5, 5.41) is 2.77. The van der Waals surface area contributed by atoms with E-state index in [1.54, 1.807) is 48.4 Å². The number of carbonyl (C=O) groups excluding carboxylic acids is 2. The smallest absolute Gasteiger partial charge is 0.328 e. The molecule has 0 spiro atoms. The van der Waals surface area contributed by atoms with Gasteiger partial charge in [-0.2, -0.15) is 11.8 Å². The molecule has 3 rings (SSSR count). The van der Waals surface area contributed by atoms with Gasteiger partial charge in [0, 0.05) is 17.3 Å². The van der Waals surface area contributed by atoms with Crippen molar-refractivity contribution < 1.29 is 23.8 Å². The van der Waals surface area contributed by atoms with Crippen molar-refractivity contribution in [3.8, 4) is 17.2 Å². The molecule has 1 amide bonds. The van der Waals surface area contributed by atoms with E-state index in [0.717, 1.165) is 5.56 Å². The first-order valence-electron chi connectivity index (χ1n) is 10.4. The first kappa shape index (κ1) is 24.1. The first-order valence-corrected chi connectivity index (χ1v) is 11.8. The standard InChI is InChI=1S/C25H26N2O5S/c1-30-25(29)22(12-14-33-2)27-24(28)18-10-11-19(17-31-21-9-6-13-26-16-21)23(15-18)32-20-7-4-3-5-8-20/h3-11,13,15-16,22H,12,14,17H2,1-2H3,(H,27,28)/t22-/m0/s1. The monoisotopic (exact) mass is 466 g/mol. The van der Waals surface area contributed by atoms with Crippen LogP contribution in [0.3, 0.4) is 0 Å². The van der Waals surface area contributed by atoms with Crippen molar-refractivity contribution in [2.75, 3.05) is 19.1 Å². The molecule has 1 atom stereocenters. The Balaban J connectivity index is 1.82. The van der Waals surface area contributed by atoms with Gasteiger partial charge in [-0.1, -0.05) is 24.3 Å². The predicted octanol–water partition coefficient (Wildman–Crippen LogP) is 4.48. The number of benzene rings is 2. The summed E-state index contributed by atoms with van der Waals surface area (Å²) in [5.41, 5.74) is 1.12. The normalized spacial score (nSPS) is 11.3. The second-order valence-corrected chi connectivity index (χ2v) is 8.03. The molecule has 1 heterocycles. The number of hydrogen-bond acceptors (Lipinski definition) is 7. The maximum atomic E-state index is 12.9. The van der Waals surface area contributed by atoms with E-state index in [9.17, 15) is 9.59 Å². The van der Waals surface area contributed by atoms with Crippen molar-refractivity contribution in [1.82, 2.24) is 10.3 Å². The number of pyridine rings is 1. The zero-order chi connectivity index (χ0) is 23.5. The van der Waals surface area contributed by atoms with Gasteiger partial charge >= 0.3 is 5.97 Å². The average molecular weight is 467 g/mol. The number of aromatic nitrogens is 1. The Kier molecular flexibility index (Phi) is 9.14. The molecule has 0 fully saturated rings. The van der Waals surface area contributed by atoms with Crippen molar-refractivity contribution in [1.29, 1.82) is 0 Å². The molecule has 0 aliphatic heterocycles. The fourth-order valence-electron chi connectivity index (χ4n) is 2.99. The van der Waals surface area contributed by atoms with Crippen LogP contribution in [0.2, 0.25) is 0 Å². The SMILES string of the molecule is COC(=O)[C@H](CCSC)NC(=O)c1ccc(COc2cccnc2)c(Oc2ccccc2)c1. The van der Waals surface area contributed by atoms with Gasteiger partial charge in [0.25, 0.3) is 5.91 Å². The van der Waals surface area contributed by atoms with Crippen LogP contribution in [0.25, 0.3) is 0 Å². The molecule has 0 bridgehead atoms. The Bertz CT molecular complexity index is 1050. The van der Waals surface area contributed by atoms with Gasteiger partial charge in [-0.15, -0.1) is 0 Å². The molecule has 0 unspecified atom stereocenters. The summed E-state index contributed by atoms with van der Waals surface area (Å²) >= 11 is 1.59. The molecule has 0 saturated heterocycles. The van der Waals surface area contributed by atoms with E-state index in [1.165, 1.54) is 7.11 Å². The van der Waals surface area contributed by atoms with Crippen molar-refractivity contribution >= 4 is 23.6 Å². The molecular weight excluding hydrogens is 440 g/mol. The lowest BCUT2D eigenvalue weighted by Crippen LogP contribution is -2.41. The highest BCUT2D eigenvalue weighted by atomic mass is 32.2. The molecular formula is C25H26N2O5S. The number of amides is 1. The van der Waals surface area contributed by atoms with Crippen LogP contribution in [0.1, 0.15) is 22.3 Å². The van der Waals surface area contributed by atoms with E-state index in [2.05, 4.69) is 10.3 Å². The summed E-state index contributed by atoms with van der Waals surface area (Å²) in [4.78, 5) is 29.0. The molecule has 3 aromatic rings. The van der Waals surface area contributed by atoms with Crippen LogP contribution >= 0.6 is 11.8 Å². The lowest BCUT2D eigenvalue weighted by molar-refractivity contribution is -0.142. The largest absolute Gasteiger partial charge is 0.487 e. The lowest BCUT2D eigenvalue weighted by atomic mass is 10.1. The van der Waals surface area contributed by atoms with Gasteiger partial charge in [0.1, 0.15) is 29.9 Å². The number of nitrogens with one attached hydrogen (secondary N) is 1. The number of esters is 1. The Morgan fingerprint density at radius 3 is 2.55 bits per heavy atom. The van der Waals surface area contributed by atoms with E-state index >= 15 is 0 Å². The Morgan fingerprint density at radius 1 is 1.06 bits per heavy atom. The Morgan fingerprint density at radius 2 is 1.85 bits per heavy atom. The molecule has 0 aliphatic carbocycles. The molecule has 8 heteroatoms. The van der Waals surface area contributed by atoms with Crippen LogP contribution in [-0.2, 0) is 16.1 Å². The van der Waals surface area contributed by atoms with Crippen molar-refractivity contribution in [2.45, 2.75) is 19.1 Å². The van der Waals surface area contributed by atoms with E-state index in [0.29, 0.717) is 35.0 Å². The van der Waals surface area contributed by atoms with E-state index < -0.39 is 12.0 Å². The zero-order valence-electron chi connectivity index (χ0n) is 18.5. The van der Waals surface area contributed by atoms with Crippen LogP contribution in [0, 0.1) is 0 Å². The molecule has 1 aromatic heterocycles. The second kappa shape index (κ2) is 12.5. The molecule has 172 valence electrons. The third-order valence-electron chi connectivity index (χ3n) is 4.73. The summed E-state index contributed by atoms with van der Waals surface area (Å²) in [7, 11) is 1.31. The number of ether oxygens (including phenoxy) is 3. The number of thioether (sulfide) groups is 1. The lowest BCUT2D eigenvalue weighted by Gasteiger charge is -2.17. The maximum Gasteiger partial charge on any atom is 0.328 e. The minimum Gasteiger partial charge on any atom is -0.487 e. The fraction of sp³-hybridized carbons (Fsp3) is 0.240. The molecule has 0 radical (unpaired) electrons. The van der Waals surface area contributed by atoms with Gasteiger partial charge in [-0.25, -0.2) is 4.79 Å². The van der Waals surface area contributed by atoms with E-state index in [-0.39, 0.29) is 12.5 Å². The predicted molar refractivity (Wildman–Crippen MR) is 128 cm³/mol. The molecule has 1 N–H and O–H groups in total. The highest BCUT2D eigenvalue weighted by Gasteiger charge is 2.22. The molecule has 0 aliphatic rings. The van der Waals surface area contributed by atoms with Crippen molar-refractivity contribution in [2.24, 2.45) is 0 Å².